The third-order valence-electron chi connectivity index (χ3n) is 7.59. The van der Waals surface area contributed by atoms with E-state index in [9.17, 15) is 14.3 Å². The van der Waals surface area contributed by atoms with E-state index in [1.807, 2.05) is 18.2 Å². The van der Waals surface area contributed by atoms with Crippen LogP contribution in [0.1, 0.15) is 43.6 Å². The molecular weight excluding hydrogens is 391 g/mol. The maximum Gasteiger partial charge on any atom is 0.225 e. The Bertz CT molecular complexity index is 927. The van der Waals surface area contributed by atoms with Crippen molar-refractivity contribution in [2.45, 2.75) is 50.1 Å². The van der Waals surface area contributed by atoms with Crippen LogP contribution >= 0.6 is 0 Å². The van der Waals surface area contributed by atoms with Crippen molar-refractivity contribution in [2.75, 3.05) is 26.2 Å². The van der Waals surface area contributed by atoms with Gasteiger partial charge in [0.1, 0.15) is 5.82 Å². The highest BCUT2D eigenvalue weighted by Crippen LogP contribution is 2.43. The number of rotatable bonds is 4. The first-order valence-electron chi connectivity index (χ1n) is 11.7. The first kappa shape index (κ1) is 20.7. The van der Waals surface area contributed by atoms with Gasteiger partial charge in [-0.25, -0.2) is 4.39 Å². The first-order chi connectivity index (χ1) is 15.2. The Labute approximate surface area is 183 Å². The SMILES string of the molecule is O=C(C1CCC1)N1CCCCN2[C@H](CO)[C@@H](c3ccc(-c4cccc(F)c4)cc3)[C@H]2C1. The molecule has 1 amide bonds. The molecule has 0 aromatic heterocycles. The Morgan fingerprint density at radius 1 is 1.00 bits per heavy atom. The molecule has 3 aliphatic rings. The van der Waals surface area contributed by atoms with Gasteiger partial charge in [0, 0.05) is 37.0 Å². The lowest BCUT2D eigenvalue weighted by Gasteiger charge is -2.57. The van der Waals surface area contributed by atoms with Crippen molar-refractivity contribution in [3.8, 4) is 11.1 Å². The first-order valence-corrected chi connectivity index (χ1v) is 11.7. The van der Waals surface area contributed by atoms with Crippen molar-refractivity contribution in [1.29, 1.82) is 0 Å². The van der Waals surface area contributed by atoms with Crippen molar-refractivity contribution in [3.05, 3.63) is 59.9 Å². The molecule has 2 saturated heterocycles. The summed E-state index contributed by atoms with van der Waals surface area (Å²) < 4.78 is 13.6. The highest BCUT2D eigenvalue weighted by Gasteiger charge is 2.49. The van der Waals surface area contributed by atoms with Crippen molar-refractivity contribution in [3.63, 3.8) is 0 Å². The second kappa shape index (κ2) is 8.71. The predicted molar refractivity (Wildman–Crippen MR) is 119 cm³/mol. The summed E-state index contributed by atoms with van der Waals surface area (Å²) >= 11 is 0. The van der Waals surface area contributed by atoms with Gasteiger partial charge in [-0.2, -0.15) is 0 Å². The van der Waals surface area contributed by atoms with Crippen LogP contribution in [0.2, 0.25) is 0 Å². The highest BCUT2D eigenvalue weighted by atomic mass is 19.1. The smallest absolute Gasteiger partial charge is 0.225 e. The Kier molecular flexibility index (Phi) is 5.81. The third-order valence-corrected chi connectivity index (χ3v) is 7.59. The Balaban J connectivity index is 1.37. The summed E-state index contributed by atoms with van der Waals surface area (Å²) in [5.74, 6) is 0.537. The number of hydrogen-bond donors (Lipinski definition) is 1. The van der Waals surface area contributed by atoms with Gasteiger partial charge in [-0.15, -0.1) is 0 Å². The zero-order valence-electron chi connectivity index (χ0n) is 17.9. The lowest BCUT2D eigenvalue weighted by molar-refractivity contribution is -0.143. The van der Waals surface area contributed by atoms with Gasteiger partial charge in [0.2, 0.25) is 5.91 Å². The summed E-state index contributed by atoms with van der Waals surface area (Å²) in [6.45, 7) is 2.72. The number of benzene rings is 2. The average molecular weight is 423 g/mol. The van der Waals surface area contributed by atoms with E-state index >= 15 is 0 Å². The van der Waals surface area contributed by atoms with Gasteiger partial charge in [0.25, 0.3) is 0 Å². The number of fused-ring (bicyclic) bond motifs is 1. The van der Waals surface area contributed by atoms with Gasteiger partial charge in [-0.1, -0.05) is 42.8 Å². The molecule has 1 aliphatic carbocycles. The van der Waals surface area contributed by atoms with Gasteiger partial charge >= 0.3 is 0 Å². The fraction of sp³-hybridized carbons (Fsp3) is 0.500. The number of halogens is 1. The number of carbonyl (C=O) groups excluding carboxylic acids is 1. The quantitative estimate of drug-likeness (QED) is 0.809. The van der Waals surface area contributed by atoms with E-state index in [0.29, 0.717) is 5.91 Å². The molecule has 0 radical (unpaired) electrons. The van der Waals surface area contributed by atoms with E-state index in [0.717, 1.165) is 56.4 Å². The summed E-state index contributed by atoms with van der Waals surface area (Å²) in [6, 6.07) is 15.3. The maximum absolute atomic E-state index is 13.6. The monoisotopic (exact) mass is 422 g/mol. The molecular formula is C26H31FN2O2. The molecule has 31 heavy (non-hydrogen) atoms. The van der Waals surface area contributed by atoms with E-state index < -0.39 is 0 Å². The standard InChI is InChI=1S/C26H31FN2O2/c27-22-8-4-7-21(15-22)18-9-11-19(12-10-18)25-23-16-28(26(31)20-5-3-6-20)13-1-2-14-29(23)24(25)17-30/h4,7-12,15,20,23-25,30H,1-3,5-6,13-14,16-17H2/t23-,24-,25+/m1/s1. The molecule has 0 bridgehead atoms. The molecule has 0 unspecified atom stereocenters. The van der Waals surface area contributed by atoms with Crippen LogP contribution in [0.25, 0.3) is 11.1 Å². The number of carbonyl (C=O) groups is 1. The molecule has 164 valence electrons. The minimum absolute atomic E-state index is 0.101. The topological polar surface area (TPSA) is 43.8 Å². The summed E-state index contributed by atoms with van der Waals surface area (Å²) in [5.41, 5.74) is 3.04. The molecule has 4 nitrogen and oxygen atoms in total. The second-order valence-electron chi connectivity index (χ2n) is 9.33. The molecule has 3 fully saturated rings. The molecule has 2 aromatic carbocycles. The fourth-order valence-corrected chi connectivity index (χ4v) is 5.62. The maximum atomic E-state index is 13.6. The number of hydrogen-bond acceptors (Lipinski definition) is 3. The molecule has 1 N–H and O–H groups in total. The fourth-order valence-electron chi connectivity index (χ4n) is 5.62. The molecule has 5 heteroatoms. The highest BCUT2D eigenvalue weighted by molar-refractivity contribution is 5.79. The zero-order valence-corrected chi connectivity index (χ0v) is 17.9. The van der Waals surface area contributed by atoms with Crippen molar-refractivity contribution >= 4 is 5.91 Å². The van der Waals surface area contributed by atoms with Gasteiger partial charge < -0.3 is 10.0 Å². The van der Waals surface area contributed by atoms with Crippen LogP contribution in [0.4, 0.5) is 4.39 Å². The molecule has 3 atom stereocenters. The summed E-state index contributed by atoms with van der Waals surface area (Å²) in [5, 5.41) is 10.1. The van der Waals surface area contributed by atoms with Crippen molar-refractivity contribution < 1.29 is 14.3 Å². The van der Waals surface area contributed by atoms with Crippen molar-refractivity contribution in [1.82, 2.24) is 9.80 Å². The Hall–Kier alpha value is -2.24. The lowest BCUT2D eigenvalue weighted by Crippen LogP contribution is -2.68. The third kappa shape index (κ3) is 3.90. The molecule has 2 aliphatic heterocycles. The van der Waals surface area contributed by atoms with Crippen LogP contribution < -0.4 is 0 Å². The van der Waals surface area contributed by atoms with Crippen LogP contribution in [0, 0.1) is 11.7 Å². The van der Waals surface area contributed by atoms with E-state index in [1.165, 1.54) is 18.1 Å². The number of aliphatic hydroxyl groups is 1. The largest absolute Gasteiger partial charge is 0.395 e. The van der Waals surface area contributed by atoms with Gasteiger partial charge in [-0.3, -0.25) is 9.69 Å². The van der Waals surface area contributed by atoms with E-state index in [1.54, 1.807) is 12.1 Å². The molecule has 1 saturated carbocycles. The predicted octanol–water partition coefficient (Wildman–Crippen LogP) is 4.04. The number of aliphatic hydroxyl groups excluding tert-OH is 1. The minimum Gasteiger partial charge on any atom is -0.395 e. The Morgan fingerprint density at radius 3 is 2.45 bits per heavy atom. The van der Waals surface area contributed by atoms with E-state index in [2.05, 4.69) is 21.9 Å². The lowest BCUT2D eigenvalue weighted by atomic mass is 9.74. The van der Waals surface area contributed by atoms with Gasteiger partial charge in [0.05, 0.1) is 6.61 Å². The van der Waals surface area contributed by atoms with Crippen LogP contribution in [0.5, 0.6) is 0 Å². The van der Waals surface area contributed by atoms with Crippen LogP contribution in [0.3, 0.4) is 0 Å². The van der Waals surface area contributed by atoms with Crippen LogP contribution in [-0.4, -0.2) is 59.1 Å². The molecule has 2 heterocycles. The van der Waals surface area contributed by atoms with E-state index in [-0.39, 0.29) is 36.3 Å². The zero-order chi connectivity index (χ0) is 21.4. The number of nitrogens with zero attached hydrogens (tertiary/aromatic N) is 2. The summed E-state index contributed by atoms with van der Waals surface area (Å²) in [7, 11) is 0. The van der Waals surface area contributed by atoms with Gasteiger partial charge in [-0.05, 0) is 61.1 Å². The molecule has 2 aromatic rings. The normalized spacial score (nSPS) is 26.9. The summed E-state index contributed by atoms with van der Waals surface area (Å²) in [4.78, 5) is 17.5. The summed E-state index contributed by atoms with van der Waals surface area (Å²) in [6.07, 6.45) is 5.34. The second-order valence-corrected chi connectivity index (χ2v) is 9.33. The van der Waals surface area contributed by atoms with Gasteiger partial charge in [0.15, 0.2) is 0 Å². The minimum atomic E-state index is -0.234. The molecule has 5 rings (SSSR count). The average Bonchev–Trinajstić information content (AvgIpc) is 2.72. The van der Waals surface area contributed by atoms with Crippen molar-refractivity contribution in [2.24, 2.45) is 5.92 Å². The molecule has 0 spiro atoms. The van der Waals surface area contributed by atoms with Crippen LogP contribution in [-0.2, 0) is 4.79 Å². The van der Waals surface area contributed by atoms with Crippen LogP contribution in [0.15, 0.2) is 48.5 Å². The Morgan fingerprint density at radius 2 is 1.77 bits per heavy atom. The number of amides is 1. The van der Waals surface area contributed by atoms with E-state index in [4.69, 9.17) is 0 Å².